The van der Waals surface area contributed by atoms with Crippen molar-refractivity contribution in [1.29, 1.82) is 0 Å². The summed E-state index contributed by atoms with van der Waals surface area (Å²) in [7, 11) is 1.63. The molecule has 0 aromatic heterocycles. The number of nitrogens with one attached hydrogen (secondary N) is 1. The molecule has 1 aromatic carbocycles. The fourth-order valence-corrected chi connectivity index (χ4v) is 4.27. The van der Waals surface area contributed by atoms with Crippen LogP contribution in [0.2, 0.25) is 0 Å². The van der Waals surface area contributed by atoms with Crippen molar-refractivity contribution in [3.63, 3.8) is 0 Å². The van der Waals surface area contributed by atoms with Gasteiger partial charge in [-0.15, -0.1) is 0 Å². The molecule has 1 saturated heterocycles. The highest BCUT2D eigenvalue weighted by Crippen LogP contribution is 2.41. The van der Waals surface area contributed by atoms with Gasteiger partial charge in [-0.25, -0.2) is 0 Å². The lowest BCUT2D eigenvalue weighted by molar-refractivity contribution is -0.148. The molecule has 2 aliphatic carbocycles. The molecule has 1 N–H and O–H groups in total. The maximum atomic E-state index is 13.0. The zero-order valence-corrected chi connectivity index (χ0v) is 15.2. The third kappa shape index (κ3) is 3.35. The summed E-state index contributed by atoms with van der Waals surface area (Å²) in [6, 6.07) is 8.10. The van der Waals surface area contributed by atoms with Crippen LogP contribution >= 0.6 is 0 Å². The van der Waals surface area contributed by atoms with Gasteiger partial charge >= 0.3 is 0 Å². The van der Waals surface area contributed by atoms with Crippen LogP contribution in [0.15, 0.2) is 36.4 Å². The van der Waals surface area contributed by atoms with Crippen LogP contribution in [0.25, 0.3) is 0 Å². The number of hydrogen-bond donors (Lipinski definition) is 1. The number of methoxy groups -OCH3 is 1. The number of carbonyl (C=O) groups excluding carboxylic acids is 2. The van der Waals surface area contributed by atoms with E-state index in [1.807, 2.05) is 29.2 Å². The first-order valence-corrected chi connectivity index (χ1v) is 9.55. The van der Waals surface area contributed by atoms with E-state index in [0.717, 1.165) is 37.1 Å². The molecule has 0 radical (unpaired) electrons. The average Bonchev–Trinajstić information content (AvgIpc) is 3.51. The summed E-state index contributed by atoms with van der Waals surface area (Å²) in [5.74, 6) is 0.752. The number of fused-ring (bicyclic) bond motifs is 1. The van der Waals surface area contributed by atoms with Crippen molar-refractivity contribution < 1.29 is 14.3 Å². The largest absolute Gasteiger partial charge is 0.497 e. The molecule has 4 rings (SSSR count). The van der Waals surface area contributed by atoms with Crippen LogP contribution in [0.1, 0.15) is 31.2 Å². The first-order chi connectivity index (χ1) is 12.7. The molecule has 1 saturated carbocycles. The summed E-state index contributed by atoms with van der Waals surface area (Å²) in [4.78, 5) is 27.9. The lowest BCUT2D eigenvalue weighted by Crippen LogP contribution is -2.52. The average molecular weight is 354 g/mol. The predicted molar refractivity (Wildman–Crippen MR) is 98.4 cm³/mol. The fourth-order valence-electron chi connectivity index (χ4n) is 4.27. The Kier molecular flexibility index (Phi) is 4.70. The van der Waals surface area contributed by atoms with Crippen molar-refractivity contribution in [3.05, 3.63) is 42.0 Å². The number of allylic oxidation sites excluding steroid dienone is 2. The Morgan fingerprint density at radius 3 is 2.69 bits per heavy atom. The number of rotatable bonds is 5. The number of hydrogen-bond acceptors (Lipinski definition) is 3. The monoisotopic (exact) mass is 354 g/mol. The summed E-state index contributed by atoms with van der Waals surface area (Å²) in [5.41, 5.74) is 1.02. The molecule has 138 valence electrons. The number of carbonyl (C=O) groups is 2. The molecule has 3 unspecified atom stereocenters. The summed E-state index contributed by atoms with van der Waals surface area (Å²) < 4.78 is 5.16. The van der Waals surface area contributed by atoms with Crippen LogP contribution in [-0.2, 0) is 16.1 Å². The molecular formula is C21H26N2O3. The fraction of sp³-hybridized carbons (Fsp3) is 0.524. The van der Waals surface area contributed by atoms with E-state index in [-0.39, 0.29) is 29.6 Å². The van der Waals surface area contributed by atoms with Crippen LogP contribution in [0.4, 0.5) is 0 Å². The summed E-state index contributed by atoms with van der Waals surface area (Å²) in [5, 5.41) is 3.04. The Hall–Kier alpha value is -2.30. The Labute approximate surface area is 154 Å². The van der Waals surface area contributed by atoms with Gasteiger partial charge in [-0.1, -0.05) is 24.3 Å². The molecule has 3 aliphatic rings. The van der Waals surface area contributed by atoms with E-state index in [1.54, 1.807) is 7.11 Å². The van der Waals surface area contributed by atoms with Gasteiger partial charge in [0, 0.05) is 19.1 Å². The van der Waals surface area contributed by atoms with Gasteiger partial charge in [0.1, 0.15) is 5.75 Å². The molecule has 5 heteroatoms. The normalized spacial score (nSPS) is 27.8. The van der Waals surface area contributed by atoms with E-state index in [9.17, 15) is 9.59 Å². The van der Waals surface area contributed by atoms with Crippen molar-refractivity contribution >= 4 is 11.8 Å². The van der Waals surface area contributed by atoms with Crippen molar-refractivity contribution in [3.8, 4) is 5.75 Å². The molecule has 1 aromatic rings. The highest BCUT2D eigenvalue weighted by Gasteiger charge is 2.47. The number of benzene rings is 1. The maximum Gasteiger partial charge on any atom is 0.227 e. The molecule has 5 nitrogen and oxygen atoms in total. The minimum atomic E-state index is -0.253. The number of likely N-dealkylation sites (tertiary alicyclic amines) is 1. The smallest absolute Gasteiger partial charge is 0.227 e. The molecule has 1 aliphatic heterocycles. The van der Waals surface area contributed by atoms with Gasteiger partial charge in [-0.3, -0.25) is 9.59 Å². The van der Waals surface area contributed by atoms with E-state index < -0.39 is 0 Å². The number of ether oxygens (including phenoxy) is 1. The third-order valence-electron chi connectivity index (χ3n) is 5.89. The van der Waals surface area contributed by atoms with E-state index in [2.05, 4.69) is 17.5 Å². The van der Waals surface area contributed by atoms with Crippen LogP contribution in [0.3, 0.4) is 0 Å². The van der Waals surface area contributed by atoms with Crippen molar-refractivity contribution in [1.82, 2.24) is 10.2 Å². The van der Waals surface area contributed by atoms with Crippen LogP contribution in [-0.4, -0.2) is 36.4 Å². The van der Waals surface area contributed by atoms with Gasteiger partial charge in [0.05, 0.1) is 18.9 Å². The van der Waals surface area contributed by atoms with Crippen LogP contribution in [0.5, 0.6) is 5.75 Å². The minimum absolute atomic E-state index is 0.00818. The lowest BCUT2D eigenvalue weighted by atomic mass is 9.71. The van der Waals surface area contributed by atoms with Gasteiger partial charge < -0.3 is 15.0 Å². The standard InChI is InChI=1S/C21H26N2O3/c1-26-17-9-5-14(6-10-17)13-22-20(24)18-4-2-3-15-11-12-23(16-7-8-16)21(25)19(15)18/h2-3,5-6,9-10,15-16,18-19H,4,7-8,11-13H2,1H3,(H,22,24). The second-order valence-corrected chi connectivity index (χ2v) is 7.58. The van der Waals surface area contributed by atoms with Crippen LogP contribution in [0, 0.1) is 17.8 Å². The van der Waals surface area contributed by atoms with Gasteiger partial charge in [-0.2, -0.15) is 0 Å². The lowest BCUT2D eigenvalue weighted by Gasteiger charge is -2.41. The number of amides is 2. The summed E-state index contributed by atoms with van der Waals surface area (Å²) in [6.45, 7) is 1.32. The van der Waals surface area contributed by atoms with Crippen LogP contribution < -0.4 is 10.1 Å². The van der Waals surface area contributed by atoms with Gasteiger partial charge in [0.15, 0.2) is 0 Å². The SMILES string of the molecule is COc1ccc(CNC(=O)C2CC=CC3CCN(C4CC4)C(=O)C32)cc1. The van der Waals surface area contributed by atoms with E-state index >= 15 is 0 Å². The first kappa shape index (κ1) is 17.1. The third-order valence-corrected chi connectivity index (χ3v) is 5.89. The van der Waals surface area contributed by atoms with Crippen molar-refractivity contribution in [2.24, 2.45) is 17.8 Å². The maximum absolute atomic E-state index is 13.0. The Bertz CT molecular complexity index is 708. The molecule has 0 bridgehead atoms. The molecule has 26 heavy (non-hydrogen) atoms. The number of nitrogens with zero attached hydrogens (tertiary/aromatic N) is 1. The Morgan fingerprint density at radius 1 is 1.23 bits per heavy atom. The highest BCUT2D eigenvalue weighted by atomic mass is 16.5. The second-order valence-electron chi connectivity index (χ2n) is 7.58. The second kappa shape index (κ2) is 7.14. The summed E-state index contributed by atoms with van der Waals surface area (Å²) >= 11 is 0. The van der Waals surface area contributed by atoms with Gasteiger partial charge in [0.25, 0.3) is 0 Å². The first-order valence-electron chi connectivity index (χ1n) is 9.55. The van der Waals surface area contributed by atoms with E-state index in [0.29, 0.717) is 19.0 Å². The zero-order valence-electron chi connectivity index (χ0n) is 15.2. The van der Waals surface area contributed by atoms with Crippen molar-refractivity contribution in [2.75, 3.05) is 13.7 Å². The molecule has 2 fully saturated rings. The van der Waals surface area contributed by atoms with Crippen molar-refractivity contribution in [2.45, 2.75) is 38.3 Å². The molecule has 0 spiro atoms. The molecule has 2 amide bonds. The predicted octanol–water partition coefficient (Wildman–Crippen LogP) is 2.51. The molecule has 1 heterocycles. The highest BCUT2D eigenvalue weighted by molar-refractivity contribution is 5.89. The minimum Gasteiger partial charge on any atom is -0.497 e. The summed E-state index contributed by atoms with van der Waals surface area (Å²) in [6.07, 6.45) is 8.10. The number of piperidine rings is 1. The Balaban J connectivity index is 1.42. The topological polar surface area (TPSA) is 58.6 Å². The van der Waals surface area contributed by atoms with E-state index in [1.165, 1.54) is 0 Å². The molecule has 3 atom stereocenters. The van der Waals surface area contributed by atoms with E-state index in [4.69, 9.17) is 4.74 Å². The quantitative estimate of drug-likeness (QED) is 0.827. The Morgan fingerprint density at radius 2 is 2.00 bits per heavy atom. The molecular weight excluding hydrogens is 328 g/mol. The zero-order chi connectivity index (χ0) is 18.1. The van der Waals surface area contributed by atoms with Gasteiger partial charge in [-0.05, 0) is 49.3 Å². The van der Waals surface area contributed by atoms with Gasteiger partial charge in [0.2, 0.25) is 11.8 Å².